The van der Waals surface area contributed by atoms with Crippen LogP contribution in [0.1, 0.15) is 15.2 Å². The number of ether oxygens (including phenoxy) is 1. The van der Waals surface area contributed by atoms with E-state index >= 15 is 0 Å². The van der Waals surface area contributed by atoms with Crippen molar-refractivity contribution in [1.82, 2.24) is 4.31 Å². The summed E-state index contributed by atoms with van der Waals surface area (Å²) in [6.45, 7) is 1.25. The lowest BCUT2D eigenvalue weighted by Crippen LogP contribution is -2.23. The zero-order chi connectivity index (χ0) is 19.5. The predicted molar refractivity (Wildman–Crippen MR) is 100 cm³/mol. The fraction of sp³-hybridized carbons (Fsp3) is 0.250. The van der Waals surface area contributed by atoms with Crippen molar-refractivity contribution < 1.29 is 22.7 Å². The largest absolute Gasteiger partial charge is 0.451 e. The average molecular weight is 417 g/mol. The Morgan fingerprint density at radius 2 is 1.96 bits per heavy atom. The number of rotatable bonds is 6. The third-order valence-electron chi connectivity index (χ3n) is 3.37. The summed E-state index contributed by atoms with van der Waals surface area (Å²) in [6.07, 6.45) is 0. The Hall–Kier alpha value is -1.94. The van der Waals surface area contributed by atoms with Gasteiger partial charge in [0.1, 0.15) is 4.88 Å². The van der Waals surface area contributed by atoms with Crippen molar-refractivity contribution in [2.24, 2.45) is 0 Å². The molecular formula is C16H17ClN2O5S2. The molecule has 1 amide bonds. The van der Waals surface area contributed by atoms with Crippen molar-refractivity contribution in [3.8, 4) is 0 Å². The van der Waals surface area contributed by atoms with Crippen LogP contribution in [0.25, 0.3) is 0 Å². The fourth-order valence-corrected chi connectivity index (χ4v) is 3.85. The first-order chi connectivity index (χ1) is 12.1. The molecule has 2 aromatic rings. The summed E-state index contributed by atoms with van der Waals surface area (Å²) >= 11 is 7.23. The molecule has 0 aliphatic carbocycles. The molecule has 1 N–H and O–H groups in total. The second kappa shape index (κ2) is 8.17. The number of benzene rings is 1. The van der Waals surface area contributed by atoms with Crippen LogP contribution in [0.3, 0.4) is 0 Å². The quantitative estimate of drug-likeness (QED) is 0.731. The van der Waals surface area contributed by atoms with Gasteiger partial charge in [0, 0.05) is 14.1 Å². The lowest BCUT2D eigenvalue weighted by molar-refractivity contribution is -0.119. The summed E-state index contributed by atoms with van der Waals surface area (Å²) in [5.41, 5.74) is 0.882. The van der Waals surface area contributed by atoms with E-state index in [-0.39, 0.29) is 15.6 Å². The molecule has 0 fully saturated rings. The maximum absolute atomic E-state index is 12.2. The third-order valence-corrected chi connectivity index (χ3v) is 6.51. The Bertz CT molecular complexity index is 938. The van der Waals surface area contributed by atoms with Gasteiger partial charge in [0.2, 0.25) is 10.0 Å². The van der Waals surface area contributed by atoms with Crippen molar-refractivity contribution in [3.05, 3.63) is 45.1 Å². The van der Waals surface area contributed by atoms with Crippen LogP contribution in [0.4, 0.5) is 5.69 Å². The molecule has 0 atom stereocenters. The summed E-state index contributed by atoms with van der Waals surface area (Å²) in [4.78, 5) is 24.3. The Morgan fingerprint density at radius 1 is 1.27 bits per heavy atom. The van der Waals surface area contributed by atoms with E-state index in [1.807, 2.05) is 0 Å². The molecule has 7 nitrogen and oxygen atoms in total. The summed E-state index contributed by atoms with van der Waals surface area (Å²) < 4.78 is 30.3. The van der Waals surface area contributed by atoms with Gasteiger partial charge in [-0.05, 0) is 42.1 Å². The minimum absolute atomic E-state index is 0.0200. The lowest BCUT2D eigenvalue weighted by Gasteiger charge is -2.14. The molecule has 1 heterocycles. The highest BCUT2D eigenvalue weighted by atomic mass is 35.5. The summed E-state index contributed by atoms with van der Waals surface area (Å²) in [7, 11) is -0.879. The molecule has 0 aliphatic rings. The van der Waals surface area contributed by atoms with E-state index < -0.39 is 28.5 Å². The maximum atomic E-state index is 12.2. The number of esters is 1. The Kier molecular flexibility index (Phi) is 6.40. The molecule has 1 aromatic carbocycles. The van der Waals surface area contributed by atoms with E-state index in [4.69, 9.17) is 16.3 Å². The van der Waals surface area contributed by atoms with E-state index in [1.165, 1.54) is 43.6 Å². The van der Waals surface area contributed by atoms with Crippen LogP contribution in [-0.2, 0) is 19.6 Å². The molecular weight excluding hydrogens is 400 g/mol. The molecule has 2 rings (SSSR count). The summed E-state index contributed by atoms with van der Waals surface area (Å²) in [6, 6.07) is 5.74. The number of anilines is 1. The van der Waals surface area contributed by atoms with Gasteiger partial charge in [-0.1, -0.05) is 11.6 Å². The second-order valence-electron chi connectivity index (χ2n) is 5.49. The van der Waals surface area contributed by atoms with E-state index in [0.717, 1.165) is 9.87 Å². The number of nitrogens with zero attached hydrogens (tertiary/aromatic N) is 1. The molecule has 0 aliphatic heterocycles. The van der Waals surface area contributed by atoms with Gasteiger partial charge in [-0.2, -0.15) is 0 Å². The first kappa shape index (κ1) is 20.4. The molecule has 0 radical (unpaired) electrons. The average Bonchev–Trinajstić information content (AvgIpc) is 3.00. The number of halogens is 1. The molecule has 140 valence electrons. The van der Waals surface area contributed by atoms with Crippen molar-refractivity contribution >= 4 is 50.5 Å². The second-order valence-corrected chi connectivity index (χ2v) is 8.96. The highest BCUT2D eigenvalue weighted by Crippen LogP contribution is 2.26. The van der Waals surface area contributed by atoms with Gasteiger partial charge in [0.15, 0.2) is 6.61 Å². The van der Waals surface area contributed by atoms with Crippen molar-refractivity contribution in [3.63, 3.8) is 0 Å². The van der Waals surface area contributed by atoms with E-state index in [2.05, 4.69) is 5.32 Å². The zero-order valence-electron chi connectivity index (χ0n) is 14.3. The van der Waals surface area contributed by atoms with Gasteiger partial charge in [0.25, 0.3) is 5.91 Å². The molecule has 0 spiro atoms. The Morgan fingerprint density at radius 3 is 2.54 bits per heavy atom. The molecule has 0 unspecified atom stereocenters. The SMILES string of the molecule is Cc1ccsc1C(=O)OCC(=O)Nc1cc(S(=O)(=O)N(C)C)ccc1Cl. The number of aryl methyl sites for hydroxylation is 1. The van der Waals surface area contributed by atoms with Gasteiger partial charge < -0.3 is 10.1 Å². The third kappa shape index (κ3) is 4.61. The first-order valence-corrected chi connectivity index (χ1v) is 10.1. The highest BCUT2D eigenvalue weighted by molar-refractivity contribution is 7.89. The summed E-state index contributed by atoms with van der Waals surface area (Å²) in [5, 5.41) is 4.37. The number of carbonyl (C=O) groups is 2. The number of nitrogens with one attached hydrogen (secondary N) is 1. The minimum Gasteiger partial charge on any atom is -0.451 e. The predicted octanol–water partition coefficient (Wildman–Crippen LogP) is 2.76. The molecule has 0 bridgehead atoms. The standard InChI is InChI=1S/C16H17ClN2O5S2/c1-10-6-7-25-15(10)16(21)24-9-14(20)18-13-8-11(4-5-12(13)17)26(22,23)19(2)3/h4-8H,9H2,1-3H3,(H,18,20). The van der Waals surface area contributed by atoms with E-state index in [1.54, 1.807) is 18.4 Å². The van der Waals surface area contributed by atoms with Gasteiger partial charge in [-0.15, -0.1) is 11.3 Å². The highest BCUT2D eigenvalue weighted by Gasteiger charge is 2.20. The van der Waals surface area contributed by atoms with Gasteiger partial charge >= 0.3 is 5.97 Å². The lowest BCUT2D eigenvalue weighted by atomic mass is 10.3. The Balaban J connectivity index is 2.07. The topological polar surface area (TPSA) is 92.8 Å². The van der Waals surface area contributed by atoms with Crippen LogP contribution in [0, 0.1) is 6.92 Å². The Labute approximate surface area is 160 Å². The number of carbonyl (C=O) groups excluding carboxylic acids is 2. The normalized spacial score (nSPS) is 11.4. The van der Waals surface area contributed by atoms with Crippen LogP contribution in [-0.4, -0.2) is 45.3 Å². The molecule has 0 saturated heterocycles. The fourth-order valence-electron chi connectivity index (χ4n) is 1.94. The smallest absolute Gasteiger partial charge is 0.349 e. The minimum atomic E-state index is -3.67. The van der Waals surface area contributed by atoms with Crippen LogP contribution in [0.5, 0.6) is 0 Å². The van der Waals surface area contributed by atoms with Gasteiger partial charge in [-0.25, -0.2) is 17.5 Å². The first-order valence-electron chi connectivity index (χ1n) is 7.36. The van der Waals surface area contributed by atoms with Gasteiger partial charge in [-0.3, -0.25) is 4.79 Å². The van der Waals surface area contributed by atoms with Crippen molar-refractivity contribution in [2.75, 3.05) is 26.0 Å². The number of hydrogen-bond acceptors (Lipinski definition) is 6. The monoisotopic (exact) mass is 416 g/mol. The van der Waals surface area contributed by atoms with Crippen molar-refractivity contribution in [2.45, 2.75) is 11.8 Å². The van der Waals surface area contributed by atoms with Gasteiger partial charge in [0.05, 0.1) is 15.6 Å². The molecule has 1 aromatic heterocycles. The number of amides is 1. The van der Waals surface area contributed by atoms with Crippen molar-refractivity contribution in [1.29, 1.82) is 0 Å². The van der Waals surface area contributed by atoms with Crippen LogP contribution < -0.4 is 5.32 Å². The molecule has 10 heteroatoms. The zero-order valence-corrected chi connectivity index (χ0v) is 16.7. The van der Waals surface area contributed by atoms with E-state index in [9.17, 15) is 18.0 Å². The number of thiophene rings is 1. The van der Waals surface area contributed by atoms with Crippen LogP contribution in [0.2, 0.25) is 5.02 Å². The van der Waals surface area contributed by atoms with Crippen LogP contribution in [0.15, 0.2) is 34.5 Å². The van der Waals surface area contributed by atoms with Crippen LogP contribution >= 0.6 is 22.9 Å². The molecule has 0 saturated carbocycles. The maximum Gasteiger partial charge on any atom is 0.349 e. The van der Waals surface area contributed by atoms with E-state index in [0.29, 0.717) is 4.88 Å². The summed E-state index contributed by atoms with van der Waals surface area (Å²) in [5.74, 6) is -1.23. The number of hydrogen-bond donors (Lipinski definition) is 1. The molecule has 26 heavy (non-hydrogen) atoms. The number of sulfonamides is 1.